The van der Waals surface area contributed by atoms with Gasteiger partial charge in [-0.15, -0.1) is 0 Å². The third-order valence-electron chi connectivity index (χ3n) is 2.85. The fourth-order valence-corrected chi connectivity index (χ4v) is 2.25. The number of nitrogens with one attached hydrogen (secondary N) is 1. The van der Waals surface area contributed by atoms with Crippen molar-refractivity contribution < 1.29 is 19.1 Å². The first-order chi connectivity index (χ1) is 12.9. The summed E-state index contributed by atoms with van der Waals surface area (Å²) in [6.07, 6.45) is 1.77. The molecule has 8 nitrogen and oxygen atoms in total. The second-order valence-electron chi connectivity index (χ2n) is 7.64. The van der Waals surface area contributed by atoms with E-state index in [1.807, 2.05) is 0 Å². The lowest BCUT2D eigenvalue weighted by Gasteiger charge is -2.29. The standard InChI is InChI=1S/C19H26N4O4S/c1-18(2,3)26-16(24)23(17(25)27-19(4,5)6)14-11-9-8-10-13(14)22-15(28-7)21-12-20/h8-11H,1-7H3,(H,21,22). The Hall–Kier alpha value is -2.73. The van der Waals surface area contributed by atoms with Crippen LogP contribution in [0.15, 0.2) is 29.3 Å². The minimum Gasteiger partial charge on any atom is -0.443 e. The fraction of sp³-hybridized carbons (Fsp3) is 0.474. The Morgan fingerprint density at radius 2 is 1.57 bits per heavy atom. The molecular weight excluding hydrogens is 380 g/mol. The number of ether oxygens (including phenoxy) is 2. The Balaban J connectivity index is 3.48. The SMILES string of the molecule is CSC(=Nc1ccccc1N(C(=O)OC(C)(C)C)C(=O)OC(C)(C)C)NC#N. The molecule has 1 rings (SSSR count). The van der Waals surface area contributed by atoms with Crippen molar-refractivity contribution in [2.75, 3.05) is 11.2 Å². The van der Waals surface area contributed by atoms with Gasteiger partial charge in [0.1, 0.15) is 11.2 Å². The van der Waals surface area contributed by atoms with Crippen molar-refractivity contribution in [3.8, 4) is 6.19 Å². The number of aliphatic imine (C=N–C) groups is 1. The van der Waals surface area contributed by atoms with Crippen LogP contribution in [0.25, 0.3) is 0 Å². The summed E-state index contributed by atoms with van der Waals surface area (Å²) >= 11 is 1.21. The zero-order chi connectivity index (χ0) is 21.5. The van der Waals surface area contributed by atoms with E-state index in [1.54, 1.807) is 78.3 Å². The number of amidine groups is 1. The molecule has 0 aliphatic carbocycles. The molecule has 1 aromatic rings. The van der Waals surface area contributed by atoms with Gasteiger partial charge in [-0.1, -0.05) is 23.9 Å². The van der Waals surface area contributed by atoms with Crippen LogP contribution in [0.2, 0.25) is 0 Å². The predicted octanol–water partition coefficient (Wildman–Crippen LogP) is 4.78. The Kier molecular flexibility index (Phi) is 7.88. The normalized spacial score (nSPS) is 12.0. The number of carbonyl (C=O) groups excluding carboxylic acids is 2. The zero-order valence-electron chi connectivity index (χ0n) is 17.2. The number of benzene rings is 1. The van der Waals surface area contributed by atoms with E-state index in [-0.39, 0.29) is 5.69 Å². The van der Waals surface area contributed by atoms with E-state index in [2.05, 4.69) is 10.3 Å². The summed E-state index contributed by atoms with van der Waals surface area (Å²) in [6.45, 7) is 10.2. The number of hydrogen-bond donors (Lipinski definition) is 1. The maximum atomic E-state index is 12.8. The average molecular weight is 407 g/mol. The molecule has 1 aromatic carbocycles. The lowest BCUT2D eigenvalue weighted by Crippen LogP contribution is -2.43. The van der Waals surface area contributed by atoms with Gasteiger partial charge in [0.25, 0.3) is 0 Å². The van der Waals surface area contributed by atoms with E-state index in [9.17, 15) is 9.59 Å². The molecule has 2 amide bonds. The number of hydrogen-bond acceptors (Lipinski definition) is 7. The van der Waals surface area contributed by atoms with Crippen molar-refractivity contribution in [1.29, 1.82) is 5.26 Å². The maximum Gasteiger partial charge on any atom is 0.424 e. The molecule has 0 spiro atoms. The van der Waals surface area contributed by atoms with Crippen molar-refractivity contribution >= 4 is 40.5 Å². The number of para-hydroxylation sites is 2. The Morgan fingerprint density at radius 3 is 2.00 bits per heavy atom. The zero-order valence-corrected chi connectivity index (χ0v) is 18.0. The Morgan fingerprint density at radius 1 is 1.07 bits per heavy atom. The van der Waals surface area contributed by atoms with E-state index in [4.69, 9.17) is 14.7 Å². The molecule has 0 fully saturated rings. The number of rotatable bonds is 2. The lowest BCUT2D eigenvalue weighted by molar-refractivity contribution is 0.0431. The molecule has 0 aromatic heterocycles. The molecule has 0 radical (unpaired) electrons. The smallest absolute Gasteiger partial charge is 0.424 e. The van der Waals surface area contributed by atoms with Crippen LogP contribution < -0.4 is 10.2 Å². The monoisotopic (exact) mass is 406 g/mol. The van der Waals surface area contributed by atoms with Crippen molar-refractivity contribution in [2.45, 2.75) is 52.7 Å². The molecule has 9 heteroatoms. The molecule has 0 atom stereocenters. The number of nitrogens with zero attached hydrogens (tertiary/aromatic N) is 3. The van der Waals surface area contributed by atoms with Crippen LogP contribution >= 0.6 is 11.8 Å². The van der Waals surface area contributed by atoms with Crippen molar-refractivity contribution in [1.82, 2.24) is 5.32 Å². The third kappa shape index (κ3) is 7.48. The van der Waals surface area contributed by atoms with Gasteiger partial charge < -0.3 is 9.47 Å². The van der Waals surface area contributed by atoms with Crippen LogP contribution in [0.1, 0.15) is 41.5 Å². The molecule has 152 valence electrons. The van der Waals surface area contributed by atoms with Gasteiger partial charge in [0.15, 0.2) is 11.4 Å². The predicted molar refractivity (Wildman–Crippen MR) is 111 cm³/mol. The molecule has 0 bridgehead atoms. The maximum absolute atomic E-state index is 12.8. The van der Waals surface area contributed by atoms with Gasteiger partial charge >= 0.3 is 12.2 Å². The number of imide groups is 1. The Labute approximate surface area is 169 Å². The molecule has 0 aliphatic heterocycles. The number of amides is 2. The van der Waals surface area contributed by atoms with Crippen molar-refractivity contribution in [3.05, 3.63) is 24.3 Å². The minimum absolute atomic E-state index is 0.178. The summed E-state index contributed by atoms with van der Waals surface area (Å²) < 4.78 is 10.8. The van der Waals surface area contributed by atoms with Crippen LogP contribution in [0.3, 0.4) is 0 Å². The molecule has 0 saturated heterocycles. The highest BCUT2D eigenvalue weighted by molar-refractivity contribution is 8.13. The van der Waals surface area contributed by atoms with Crippen LogP contribution in [0.5, 0.6) is 0 Å². The Bertz CT molecular complexity index is 760. The largest absolute Gasteiger partial charge is 0.443 e. The first-order valence-electron chi connectivity index (χ1n) is 8.51. The number of anilines is 1. The summed E-state index contributed by atoms with van der Waals surface area (Å²) in [4.78, 5) is 30.7. The topological polar surface area (TPSA) is 104 Å². The van der Waals surface area contributed by atoms with Gasteiger partial charge in [-0.25, -0.2) is 14.6 Å². The van der Waals surface area contributed by atoms with E-state index < -0.39 is 23.4 Å². The van der Waals surface area contributed by atoms with Crippen molar-refractivity contribution in [3.63, 3.8) is 0 Å². The average Bonchev–Trinajstić information content (AvgIpc) is 2.52. The second kappa shape index (κ2) is 9.46. The first kappa shape index (κ1) is 23.3. The van der Waals surface area contributed by atoms with E-state index in [0.29, 0.717) is 10.9 Å². The van der Waals surface area contributed by atoms with Gasteiger partial charge in [0, 0.05) is 0 Å². The number of thioether (sulfide) groups is 1. The van der Waals surface area contributed by atoms with Crippen LogP contribution in [0, 0.1) is 11.5 Å². The van der Waals surface area contributed by atoms with Crippen LogP contribution in [-0.2, 0) is 9.47 Å². The van der Waals surface area contributed by atoms with Crippen LogP contribution in [0.4, 0.5) is 21.0 Å². The van der Waals surface area contributed by atoms with E-state index in [1.165, 1.54) is 11.8 Å². The molecular formula is C19H26N4O4S. The summed E-state index contributed by atoms with van der Waals surface area (Å²) in [5.74, 6) is 0. The van der Waals surface area contributed by atoms with Crippen molar-refractivity contribution in [2.24, 2.45) is 4.99 Å². The highest BCUT2D eigenvalue weighted by Gasteiger charge is 2.34. The molecule has 0 heterocycles. The quantitative estimate of drug-likeness (QED) is 0.326. The lowest BCUT2D eigenvalue weighted by atomic mass is 10.2. The van der Waals surface area contributed by atoms with E-state index >= 15 is 0 Å². The van der Waals surface area contributed by atoms with Gasteiger partial charge in [-0.2, -0.15) is 10.2 Å². The van der Waals surface area contributed by atoms with Gasteiger partial charge in [-0.05, 0) is 59.9 Å². The molecule has 0 unspecified atom stereocenters. The number of carbonyl (C=O) groups is 2. The summed E-state index contributed by atoms with van der Waals surface area (Å²) in [5.41, 5.74) is -1.16. The van der Waals surface area contributed by atoms with Gasteiger partial charge in [0.2, 0.25) is 0 Å². The highest BCUT2D eigenvalue weighted by atomic mass is 32.2. The minimum atomic E-state index is -0.886. The molecule has 0 aliphatic rings. The number of nitriles is 1. The van der Waals surface area contributed by atoms with Crippen LogP contribution in [-0.4, -0.2) is 34.8 Å². The summed E-state index contributed by atoms with van der Waals surface area (Å²) in [7, 11) is 0. The molecule has 1 N–H and O–H groups in total. The first-order valence-corrected chi connectivity index (χ1v) is 9.73. The van der Waals surface area contributed by atoms with Gasteiger partial charge in [-0.3, -0.25) is 5.32 Å². The summed E-state index contributed by atoms with van der Waals surface area (Å²) in [6, 6.07) is 6.53. The highest BCUT2D eigenvalue weighted by Crippen LogP contribution is 2.31. The fourth-order valence-electron chi connectivity index (χ4n) is 1.92. The summed E-state index contributed by atoms with van der Waals surface area (Å²) in [5, 5.41) is 11.6. The van der Waals surface area contributed by atoms with Gasteiger partial charge in [0.05, 0.1) is 11.4 Å². The van der Waals surface area contributed by atoms with E-state index in [0.717, 1.165) is 4.90 Å². The molecule has 28 heavy (non-hydrogen) atoms. The second-order valence-corrected chi connectivity index (χ2v) is 8.44. The molecule has 0 saturated carbocycles. The third-order valence-corrected chi connectivity index (χ3v) is 3.43.